The third kappa shape index (κ3) is 2.33. The van der Waals surface area contributed by atoms with Gasteiger partial charge in [-0.2, -0.15) is 0 Å². The van der Waals surface area contributed by atoms with Gasteiger partial charge in [-0.15, -0.1) is 0 Å². The molecule has 2 aliphatic rings. The standard InChI is InChI=1S/C17H17FN4/c18-12-4-5-15-16(10-12)20-11-13-14(21-15)2-1-3-17(13)22-8-6-19-7-9-22/h1-5,10-11,19,21H,6-9H2. The summed E-state index contributed by atoms with van der Waals surface area (Å²) in [7, 11) is 0. The molecule has 2 N–H and O–H groups in total. The Morgan fingerprint density at radius 1 is 1.05 bits per heavy atom. The molecule has 1 fully saturated rings. The van der Waals surface area contributed by atoms with Crippen molar-refractivity contribution in [1.82, 2.24) is 5.32 Å². The van der Waals surface area contributed by atoms with Crippen LogP contribution in [0.15, 0.2) is 41.4 Å². The van der Waals surface area contributed by atoms with E-state index in [0.717, 1.165) is 43.1 Å². The Morgan fingerprint density at radius 2 is 1.91 bits per heavy atom. The second-order valence-corrected chi connectivity index (χ2v) is 5.52. The number of benzene rings is 2. The minimum Gasteiger partial charge on any atom is -0.368 e. The van der Waals surface area contributed by atoms with Crippen molar-refractivity contribution in [2.24, 2.45) is 4.99 Å². The minimum absolute atomic E-state index is 0.272. The van der Waals surface area contributed by atoms with Gasteiger partial charge < -0.3 is 15.5 Å². The number of nitrogens with zero attached hydrogens (tertiary/aromatic N) is 2. The summed E-state index contributed by atoms with van der Waals surface area (Å²) in [6, 6.07) is 10.8. The second kappa shape index (κ2) is 5.42. The fraction of sp³-hybridized carbons (Fsp3) is 0.235. The minimum atomic E-state index is -0.272. The van der Waals surface area contributed by atoms with E-state index in [2.05, 4.69) is 26.6 Å². The molecule has 1 saturated heterocycles. The lowest BCUT2D eigenvalue weighted by atomic mass is 10.1. The zero-order valence-corrected chi connectivity index (χ0v) is 12.1. The van der Waals surface area contributed by atoms with Crippen LogP contribution in [0.25, 0.3) is 0 Å². The molecule has 2 heterocycles. The molecule has 5 heteroatoms. The zero-order chi connectivity index (χ0) is 14.9. The Kier molecular flexibility index (Phi) is 3.27. The fourth-order valence-corrected chi connectivity index (χ4v) is 2.98. The van der Waals surface area contributed by atoms with Gasteiger partial charge in [0.15, 0.2) is 0 Å². The number of nitrogens with one attached hydrogen (secondary N) is 2. The van der Waals surface area contributed by atoms with Crippen LogP contribution in [0.2, 0.25) is 0 Å². The molecule has 0 amide bonds. The van der Waals surface area contributed by atoms with E-state index in [0.29, 0.717) is 5.69 Å². The Labute approximate surface area is 128 Å². The summed E-state index contributed by atoms with van der Waals surface area (Å²) in [6.07, 6.45) is 1.84. The first-order valence-electron chi connectivity index (χ1n) is 7.50. The molecule has 2 aromatic carbocycles. The van der Waals surface area contributed by atoms with Crippen molar-refractivity contribution < 1.29 is 4.39 Å². The largest absolute Gasteiger partial charge is 0.368 e. The predicted octanol–water partition coefficient (Wildman–Crippen LogP) is 3.04. The SMILES string of the molecule is Fc1ccc2c(c1)N=Cc1c(cccc1N1CCNCC1)N2. The lowest BCUT2D eigenvalue weighted by molar-refractivity contribution is 0.589. The van der Waals surface area contributed by atoms with E-state index >= 15 is 0 Å². The summed E-state index contributed by atoms with van der Waals surface area (Å²) >= 11 is 0. The van der Waals surface area contributed by atoms with Gasteiger partial charge in [-0.05, 0) is 24.3 Å². The van der Waals surface area contributed by atoms with Crippen molar-refractivity contribution in [2.45, 2.75) is 0 Å². The van der Waals surface area contributed by atoms with Crippen LogP contribution in [0.4, 0.5) is 27.1 Å². The van der Waals surface area contributed by atoms with Gasteiger partial charge in [0.25, 0.3) is 0 Å². The van der Waals surface area contributed by atoms with Crippen LogP contribution in [0.3, 0.4) is 0 Å². The van der Waals surface area contributed by atoms with Crippen LogP contribution in [0.1, 0.15) is 5.56 Å². The van der Waals surface area contributed by atoms with E-state index in [1.807, 2.05) is 18.3 Å². The van der Waals surface area contributed by atoms with Gasteiger partial charge in [-0.25, -0.2) is 4.39 Å². The van der Waals surface area contributed by atoms with E-state index in [-0.39, 0.29) is 5.82 Å². The first-order chi connectivity index (χ1) is 10.8. The highest BCUT2D eigenvalue weighted by molar-refractivity contribution is 6.00. The maximum atomic E-state index is 13.4. The topological polar surface area (TPSA) is 39.7 Å². The molecule has 112 valence electrons. The summed E-state index contributed by atoms with van der Waals surface area (Å²) in [5.41, 5.74) is 4.69. The molecule has 0 radical (unpaired) electrons. The highest BCUT2D eigenvalue weighted by Crippen LogP contribution is 2.36. The normalized spacial score (nSPS) is 16.5. The summed E-state index contributed by atoms with van der Waals surface area (Å²) in [6.45, 7) is 3.93. The Hall–Kier alpha value is -2.40. The molecule has 2 aliphatic heterocycles. The molecule has 0 bridgehead atoms. The first-order valence-corrected chi connectivity index (χ1v) is 7.50. The van der Waals surface area contributed by atoms with Crippen LogP contribution in [-0.2, 0) is 0 Å². The number of aliphatic imine (C=N–C) groups is 1. The first kappa shape index (κ1) is 13.3. The molecular weight excluding hydrogens is 279 g/mol. The van der Waals surface area contributed by atoms with Gasteiger partial charge in [0.2, 0.25) is 0 Å². The maximum absolute atomic E-state index is 13.4. The van der Waals surface area contributed by atoms with Crippen molar-refractivity contribution in [3.05, 3.63) is 47.8 Å². The molecule has 22 heavy (non-hydrogen) atoms. The van der Waals surface area contributed by atoms with Gasteiger partial charge in [0, 0.05) is 55.4 Å². The number of hydrogen-bond donors (Lipinski definition) is 2. The van der Waals surface area contributed by atoms with Crippen LogP contribution >= 0.6 is 0 Å². The monoisotopic (exact) mass is 296 g/mol. The average molecular weight is 296 g/mol. The van der Waals surface area contributed by atoms with E-state index in [4.69, 9.17) is 0 Å². The van der Waals surface area contributed by atoms with Crippen LogP contribution in [0, 0.1) is 5.82 Å². The molecule has 0 unspecified atom stereocenters. The highest BCUT2D eigenvalue weighted by atomic mass is 19.1. The second-order valence-electron chi connectivity index (χ2n) is 5.52. The fourth-order valence-electron chi connectivity index (χ4n) is 2.98. The number of fused-ring (bicyclic) bond motifs is 2. The van der Waals surface area contributed by atoms with Crippen LogP contribution in [-0.4, -0.2) is 32.4 Å². The molecule has 0 spiro atoms. The van der Waals surface area contributed by atoms with Crippen molar-refractivity contribution in [3.63, 3.8) is 0 Å². The number of rotatable bonds is 1. The number of piperazine rings is 1. The van der Waals surface area contributed by atoms with E-state index < -0.39 is 0 Å². The third-order valence-corrected chi connectivity index (χ3v) is 4.10. The molecular formula is C17H17FN4. The summed E-state index contributed by atoms with van der Waals surface area (Å²) < 4.78 is 13.4. The van der Waals surface area contributed by atoms with E-state index in [1.165, 1.54) is 17.8 Å². The average Bonchev–Trinajstić information content (AvgIpc) is 2.74. The predicted molar refractivity (Wildman–Crippen MR) is 88.5 cm³/mol. The Balaban J connectivity index is 1.78. The Morgan fingerprint density at radius 3 is 2.77 bits per heavy atom. The van der Waals surface area contributed by atoms with Gasteiger partial charge in [0.1, 0.15) is 5.82 Å². The molecule has 4 nitrogen and oxygen atoms in total. The summed E-state index contributed by atoms with van der Waals surface area (Å²) in [5.74, 6) is -0.272. The quantitative estimate of drug-likeness (QED) is 0.725. The maximum Gasteiger partial charge on any atom is 0.125 e. The van der Waals surface area contributed by atoms with Crippen LogP contribution < -0.4 is 15.5 Å². The lowest BCUT2D eigenvalue weighted by Crippen LogP contribution is -2.43. The smallest absolute Gasteiger partial charge is 0.125 e. The van der Waals surface area contributed by atoms with Gasteiger partial charge in [-0.1, -0.05) is 6.07 Å². The summed E-state index contributed by atoms with van der Waals surface area (Å²) in [5, 5.41) is 6.74. The number of halogens is 1. The zero-order valence-electron chi connectivity index (χ0n) is 12.1. The lowest BCUT2D eigenvalue weighted by Gasteiger charge is -2.31. The van der Waals surface area contributed by atoms with Gasteiger partial charge in [-0.3, -0.25) is 4.99 Å². The van der Waals surface area contributed by atoms with Gasteiger partial charge in [0.05, 0.1) is 11.4 Å². The molecule has 4 rings (SSSR count). The molecule has 0 saturated carbocycles. The highest BCUT2D eigenvalue weighted by Gasteiger charge is 2.18. The molecule has 0 atom stereocenters. The third-order valence-electron chi connectivity index (χ3n) is 4.10. The van der Waals surface area contributed by atoms with E-state index in [9.17, 15) is 4.39 Å². The van der Waals surface area contributed by atoms with Crippen molar-refractivity contribution in [3.8, 4) is 0 Å². The Bertz CT molecular complexity index is 735. The number of hydrogen-bond acceptors (Lipinski definition) is 4. The summed E-state index contributed by atoms with van der Waals surface area (Å²) in [4.78, 5) is 6.84. The van der Waals surface area contributed by atoms with Crippen molar-refractivity contribution in [1.29, 1.82) is 0 Å². The molecule has 0 aliphatic carbocycles. The molecule has 0 aromatic heterocycles. The molecule has 2 aromatic rings. The van der Waals surface area contributed by atoms with Gasteiger partial charge >= 0.3 is 0 Å². The van der Waals surface area contributed by atoms with Crippen LogP contribution in [0.5, 0.6) is 0 Å². The number of anilines is 3. The van der Waals surface area contributed by atoms with E-state index in [1.54, 1.807) is 6.07 Å². The van der Waals surface area contributed by atoms with Crippen molar-refractivity contribution in [2.75, 3.05) is 36.4 Å². The van der Waals surface area contributed by atoms with Crippen molar-refractivity contribution >= 4 is 29.0 Å².